The summed E-state index contributed by atoms with van der Waals surface area (Å²) in [6.07, 6.45) is 2.16. The lowest BCUT2D eigenvalue weighted by atomic mass is 10.0. The second-order valence-corrected chi connectivity index (χ2v) is 5.46. The van der Waals surface area contributed by atoms with Crippen LogP contribution in [0.4, 0.5) is 4.39 Å². The van der Waals surface area contributed by atoms with Crippen molar-refractivity contribution in [1.82, 2.24) is 5.32 Å². The van der Waals surface area contributed by atoms with Crippen LogP contribution < -0.4 is 5.32 Å². The summed E-state index contributed by atoms with van der Waals surface area (Å²) >= 11 is 5.81. The van der Waals surface area contributed by atoms with Crippen LogP contribution in [0.1, 0.15) is 18.9 Å². The van der Waals surface area contributed by atoms with Crippen molar-refractivity contribution in [3.63, 3.8) is 0 Å². The molecule has 1 atom stereocenters. The van der Waals surface area contributed by atoms with Crippen LogP contribution in [0.3, 0.4) is 0 Å². The SMILES string of the molecule is CNC(C)CCc1ccc(-c2ccc(F)c(Cl)c2)cc1. The number of hydrogen-bond donors (Lipinski definition) is 1. The van der Waals surface area contributed by atoms with Crippen LogP contribution in [0.2, 0.25) is 5.02 Å². The van der Waals surface area contributed by atoms with Crippen molar-refractivity contribution in [3.05, 3.63) is 58.9 Å². The molecule has 2 aromatic rings. The molecule has 3 heteroatoms. The maximum absolute atomic E-state index is 13.2. The van der Waals surface area contributed by atoms with Crippen LogP contribution in [0.25, 0.3) is 11.1 Å². The van der Waals surface area contributed by atoms with Crippen molar-refractivity contribution in [2.45, 2.75) is 25.8 Å². The molecule has 0 heterocycles. The molecule has 0 saturated heterocycles. The van der Waals surface area contributed by atoms with Gasteiger partial charge in [0, 0.05) is 6.04 Å². The van der Waals surface area contributed by atoms with Crippen molar-refractivity contribution in [2.75, 3.05) is 7.05 Å². The highest BCUT2D eigenvalue weighted by Crippen LogP contribution is 2.25. The van der Waals surface area contributed by atoms with Crippen molar-refractivity contribution >= 4 is 11.6 Å². The van der Waals surface area contributed by atoms with Gasteiger partial charge in [-0.2, -0.15) is 0 Å². The topological polar surface area (TPSA) is 12.0 Å². The molecule has 0 amide bonds. The second kappa shape index (κ2) is 6.87. The summed E-state index contributed by atoms with van der Waals surface area (Å²) in [4.78, 5) is 0. The van der Waals surface area contributed by atoms with E-state index >= 15 is 0 Å². The van der Waals surface area contributed by atoms with Gasteiger partial charge in [-0.3, -0.25) is 0 Å². The Labute approximate surface area is 124 Å². The Hall–Kier alpha value is -1.38. The molecule has 0 bridgehead atoms. The Morgan fingerprint density at radius 2 is 1.75 bits per heavy atom. The number of hydrogen-bond acceptors (Lipinski definition) is 1. The first-order chi connectivity index (χ1) is 9.60. The highest BCUT2D eigenvalue weighted by atomic mass is 35.5. The van der Waals surface area contributed by atoms with Gasteiger partial charge in [0.2, 0.25) is 0 Å². The zero-order valence-corrected chi connectivity index (χ0v) is 12.5. The minimum Gasteiger partial charge on any atom is -0.317 e. The average molecular weight is 292 g/mol. The van der Waals surface area contributed by atoms with Gasteiger partial charge in [-0.1, -0.05) is 41.9 Å². The van der Waals surface area contributed by atoms with E-state index in [0.717, 1.165) is 24.0 Å². The fourth-order valence-electron chi connectivity index (χ4n) is 2.07. The third kappa shape index (κ3) is 3.81. The summed E-state index contributed by atoms with van der Waals surface area (Å²) in [6, 6.07) is 13.7. The first-order valence-electron chi connectivity index (χ1n) is 6.82. The second-order valence-electron chi connectivity index (χ2n) is 5.05. The Bertz CT molecular complexity index is 566. The number of rotatable bonds is 5. The molecule has 0 aliphatic rings. The highest BCUT2D eigenvalue weighted by Gasteiger charge is 2.04. The molecular weight excluding hydrogens is 273 g/mol. The van der Waals surface area contributed by atoms with Gasteiger partial charge >= 0.3 is 0 Å². The number of benzene rings is 2. The molecule has 1 unspecified atom stereocenters. The molecule has 0 aliphatic carbocycles. The Kier molecular flexibility index (Phi) is 5.16. The van der Waals surface area contributed by atoms with E-state index in [4.69, 9.17) is 11.6 Å². The van der Waals surface area contributed by atoms with E-state index in [1.807, 2.05) is 7.05 Å². The van der Waals surface area contributed by atoms with Crippen LogP contribution in [-0.4, -0.2) is 13.1 Å². The summed E-state index contributed by atoms with van der Waals surface area (Å²) < 4.78 is 13.2. The van der Waals surface area contributed by atoms with E-state index in [0.29, 0.717) is 6.04 Å². The van der Waals surface area contributed by atoms with E-state index in [9.17, 15) is 4.39 Å². The molecule has 0 fully saturated rings. The van der Waals surface area contributed by atoms with Crippen molar-refractivity contribution in [3.8, 4) is 11.1 Å². The first kappa shape index (κ1) is 15.0. The third-order valence-corrected chi connectivity index (χ3v) is 3.86. The Balaban J connectivity index is 2.09. The molecule has 0 aliphatic heterocycles. The fourth-order valence-corrected chi connectivity index (χ4v) is 2.25. The molecule has 0 saturated carbocycles. The van der Waals surface area contributed by atoms with Gasteiger partial charge in [0.1, 0.15) is 5.82 Å². The van der Waals surface area contributed by atoms with Gasteiger partial charge in [-0.25, -0.2) is 4.39 Å². The summed E-state index contributed by atoms with van der Waals surface area (Å²) in [6.45, 7) is 2.18. The monoisotopic (exact) mass is 291 g/mol. The highest BCUT2D eigenvalue weighted by molar-refractivity contribution is 6.31. The average Bonchev–Trinajstić information content (AvgIpc) is 2.48. The maximum Gasteiger partial charge on any atom is 0.141 e. The minimum absolute atomic E-state index is 0.162. The van der Waals surface area contributed by atoms with Crippen LogP contribution in [0.15, 0.2) is 42.5 Å². The van der Waals surface area contributed by atoms with E-state index in [1.54, 1.807) is 12.1 Å². The van der Waals surface area contributed by atoms with Crippen molar-refractivity contribution in [2.24, 2.45) is 0 Å². The van der Waals surface area contributed by atoms with Crippen LogP contribution in [0.5, 0.6) is 0 Å². The third-order valence-electron chi connectivity index (χ3n) is 3.57. The standard InChI is InChI=1S/C17H19ClFN/c1-12(20-2)3-4-13-5-7-14(8-6-13)15-9-10-17(19)16(18)11-15/h5-12,20H,3-4H2,1-2H3. The number of aryl methyl sites for hydroxylation is 1. The molecule has 2 rings (SSSR count). The van der Waals surface area contributed by atoms with Gasteiger partial charge in [0.15, 0.2) is 0 Å². The molecule has 1 N–H and O–H groups in total. The van der Waals surface area contributed by atoms with E-state index in [2.05, 4.69) is 36.5 Å². The molecule has 20 heavy (non-hydrogen) atoms. The smallest absolute Gasteiger partial charge is 0.141 e. The minimum atomic E-state index is -0.381. The van der Waals surface area contributed by atoms with E-state index < -0.39 is 0 Å². The fraction of sp³-hybridized carbons (Fsp3) is 0.294. The van der Waals surface area contributed by atoms with E-state index in [1.165, 1.54) is 11.6 Å². The molecule has 106 valence electrons. The van der Waals surface area contributed by atoms with E-state index in [-0.39, 0.29) is 10.8 Å². The normalized spacial score (nSPS) is 12.4. The quantitative estimate of drug-likeness (QED) is 0.843. The lowest BCUT2D eigenvalue weighted by Gasteiger charge is -2.10. The summed E-state index contributed by atoms with van der Waals surface area (Å²) in [5.74, 6) is -0.381. The lowest BCUT2D eigenvalue weighted by molar-refractivity contribution is 0.565. The van der Waals surface area contributed by atoms with Gasteiger partial charge in [0.25, 0.3) is 0 Å². The largest absolute Gasteiger partial charge is 0.317 e. The van der Waals surface area contributed by atoms with Gasteiger partial charge in [0.05, 0.1) is 5.02 Å². The van der Waals surface area contributed by atoms with Crippen molar-refractivity contribution < 1.29 is 4.39 Å². The maximum atomic E-state index is 13.2. The zero-order valence-electron chi connectivity index (χ0n) is 11.8. The first-order valence-corrected chi connectivity index (χ1v) is 7.19. The number of nitrogens with one attached hydrogen (secondary N) is 1. The molecule has 0 aromatic heterocycles. The summed E-state index contributed by atoms with van der Waals surface area (Å²) in [5.41, 5.74) is 3.30. The predicted molar refractivity (Wildman–Crippen MR) is 83.7 cm³/mol. The Morgan fingerprint density at radius 1 is 1.10 bits per heavy atom. The van der Waals surface area contributed by atoms with Crippen LogP contribution in [0, 0.1) is 5.82 Å². The van der Waals surface area contributed by atoms with Gasteiger partial charge in [-0.15, -0.1) is 0 Å². The molecule has 1 nitrogen and oxygen atoms in total. The lowest BCUT2D eigenvalue weighted by Crippen LogP contribution is -2.21. The Morgan fingerprint density at radius 3 is 2.35 bits per heavy atom. The predicted octanol–water partition coefficient (Wildman–Crippen LogP) is 4.69. The van der Waals surface area contributed by atoms with Crippen LogP contribution >= 0.6 is 11.6 Å². The molecular formula is C17H19ClFN. The summed E-state index contributed by atoms with van der Waals surface area (Å²) in [7, 11) is 1.98. The number of halogens is 2. The van der Waals surface area contributed by atoms with Crippen LogP contribution in [-0.2, 0) is 6.42 Å². The zero-order chi connectivity index (χ0) is 14.5. The molecule has 2 aromatic carbocycles. The summed E-state index contributed by atoms with van der Waals surface area (Å²) in [5, 5.41) is 3.40. The molecule has 0 spiro atoms. The van der Waals surface area contributed by atoms with Gasteiger partial charge < -0.3 is 5.32 Å². The molecule has 0 radical (unpaired) electrons. The van der Waals surface area contributed by atoms with Crippen molar-refractivity contribution in [1.29, 1.82) is 0 Å². The van der Waals surface area contributed by atoms with Gasteiger partial charge in [-0.05, 0) is 55.6 Å².